The van der Waals surface area contributed by atoms with Crippen molar-refractivity contribution in [1.29, 1.82) is 5.26 Å². The summed E-state index contributed by atoms with van der Waals surface area (Å²) in [6.07, 6.45) is -1.75. The van der Waals surface area contributed by atoms with Crippen LogP contribution in [0.1, 0.15) is 26.3 Å². The van der Waals surface area contributed by atoms with Gasteiger partial charge in [-0.05, 0) is 53.6 Å². The second-order valence-electron chi connectivity index (χ2n) is 8.56. The minimum Gasteiger partial charge on any atom is -0.479 e. The summed E-state index contributed by atoms with van der Waals surface area (Å²) in [5.41, 5.74) is 0.775. The quantitative estimate of drug-likeness (QED) is 0.427. The zero-order valence-electron chi connectivity index (χ0n) is 20.2. The van der Waals surface area contributed by atoms with E-state index in [1.807, 2.05) is 6.07 Å². The Morgan fingerprint density at radius 3 is 2.50 bits per heavy atom. The SMILES string of the molecule is CC(C)CN(OC(=O)NC(Cc1ccc(OCC#N)cc1)C(C)O)S(=O)(=O)c1ccc2c(c1)OCO2. The number of hydrogen-bond acceptors (Lipinski definition) is 9. The zero-order valence-corrected chi connectivity index (χ0v) is 21.0. The van der Waals surface area contributed by atoms with Crippen molar-refractivity contribution in [2.75, 3.05) is 19.9 Å². The number of carbonyl (C=O) groups excluding carboxylic acids is 1. The molecule has 1 heterocycles. The maximum absolute atomic E-state index is 13.3. The normalized spacial score (nSPS) is 14.2. The molecule has 0 radical (unpaired) electrons. The predicted octanol–water partition coefficient (Wildman–Crippen LogP) is 2.60. The number of nitrogens with one attached hydrogen (secondary N) is 1. The molecule has 0 fully saturated rings. The third-order valence-electron chi connectivity index (χ3n) is 5.18. The molecule has 2 N–H and O–H groups in total. The lowest BCUT2D eigenvalue weighted by Gasteiger charge is -2.25. The molecule has 0 saturated heterocycles. The Morgan fingerprint density at radius 2 is 1.86 bits per heavy atom. The molecule has 0 aliphatic carbocycles. The fourth-order valence-corrected chi connectivity index (χ4v) is 4.73. The zero-order chi connectivity index (χ0) is 26.3. The van der Waals surface area contributed by atoms with Crippen molar-refractivity contribution in [3.63, 3.8) is 0 Å². The number of hydrogen-bond donors (Lipinski definition) is 2. The first-order valence-electron chi connectivity index (χ1n) is 11.3. The molecule has 2 unspecified atom stereocenters. The predicted molar refractivity (Wildman–Crippen MR) is 128 cm³/mol. The Kier molecular flexibility index (Phi) is 8.98. The number of nitrogens with zero attached hydrogens (tertiary/aromatic N) is 2. The van der Waals surface area contributed by atoms with Crippen molar-refractivity contribution in [2.45, 2.75) is 44.2 Å². The molecule has 2 aromatic carbocycles. The number of benzene rings is 2. The number of nitriles is 1. The Balaban J connectivity index is 1.71. The van der Waals surface area contributed by atoms with E-state index in [-0.39, 0.29) is 42.9 Å². The van der Waals surface area contributed by atoms with Gasteiger partial charge >= 0.3 is 6.09 Å². The minimum atomic E-state index is -4.22. The summed E-state index contributed by atoms with van der Waals surface area (Å²) in [7, 11) is -4.22. The van der Waals surface area contributed by atoms with E-state index >= 15 is 0 Å². The molecule has 12 heteroatoms. The maximum atomic E-state index is 13.3. The van der Waals surface area contributed by atoms with Crippen LogP contribution < -0.4 is 19.5 Å². The number of carbonyl (C=O) groups is 1. The summed E-state index contributed by atoms with van der Waals surface area (Å²) >= 11 is 0. The molecule has 1 aliphatic rings. The van der Waals surface area contributed by atoms with Gasteiger partial charge in [-0.25, -0.2) is 13.2 Å². The van der Waals surface area contributed by atoms with Crippen molar-refractivity contribution >= 4 is 16.1 Å². The number of sulfonamides is 1. The van der Waals surface area contributed by atoms with Crippen LogP contribution in [-0.2, 0) is 21.3 Å². The number of hydroxylamine groups is 1. The van der Waals surface area contributed by atoms with E-state index in [1.54, 1.807) is 38.1 Å². The standard InChI is InChI=1S/C24H29N3O8S/c1-16(2)14-27(36(30,31)20-8-9-22-23(13-20)34-15-33-22)35-24(29)26-21(17(3)28)12-18-4-6-19(7-5-18)32-11-10-25/h4-9,13,16-17,21,28H,11-12,14-15H2,1-3H3,(H,26,29). The molecule has 2 aromatic rings. The van der Waals surface area contributed by atoms with Gasteiger partial charge in [0.1, 0.15) is 11.8 Å². The van der Waals surface area contributed by atoms with Gasteiger partial charge in [0.25, 0.3) is 10.0 Å². The summed E-state index contributed by atoms with van der Waals surface area (Å²) < 4.78 is 42.9. The van der Waals surface area contributed by atoms with E-state index in [0.29, 0.717) is 16.0 Å². The molecule has 11 nitrogen and oxygen atoms in total. The fourth-order valence-electron chi connectivity index (χ4n) is 3.34. The summed E-state index contributed by atoms with van der Waals surface area (Å²) in [4.78, 5) is 17.9. The van der Waals surface area contributed by atoms with Crippen LogP contribution in [0.15, 0.2) is 47.4 Å². The summed E-state index contributed by atoms with van der Waals surface area (Å²) in [6, 6.07) is 12.1. The van der Waals surface area contributed by atoms with Crippen LogP contribution in [0.2, 0.25) is 0 Å². The lowest BCUT2D eigenvalue weighted by molar-refractivity contribution is -0.0323. The van der Waals surface area contributed by atoms with Crippen molar-refractivity contribution in [1.82, 2.24) is 9.79 Å². The van der Waals surface area contributed by atoms with E-state index in [9.17, 15) is 18.3 Å². The highest BCUT2D eigenvalue weighted by Crippen LogP contribution is 2.34. The number of aliphatic hydroxyl groups excluding tert-OH is 1. The number of rotatable bonds is 11. The van der Waals surface area contributed by atoms with Crippen LogP contribution in [0, 0.1) is 17.2 Å². The third kappa shape index (κ3) is 7.00. The monoisotopic (exact) mass is 519 g/mol. The van der Waals surface area contributed by atoms with E-state index in [0.717, 1.165) is 5.56 Å². The van der Waals surface area contributed by atoms with Crippen molar-refractivity contribution in [3.8, 4) is 23.3 Å². The Labute approximate surface area is 210 Å². The lowest BCUT2D eigenvalue weighted by Crippen LogP contribution is -2.47. The largest absolute Gasteiger partial charge is 0.479 e. The number of ether oxygens (including phenoxy) is 3. The second kappa shape index (κ2) is 11.9. The molecule has 0 spiro atoms. The van der Waals surface area contributed by atoms with Crippen LogP contribution in [0.4, 0.5) is 4.79 Å². The van der Waals surface area contributed by atoms with Crippen LogP contribution in [0.5, 0.6) is 17.2 Å². The Hall–Kier alpha value is -3.53. The summed E-state index contributed by atoms with van der Waals surface area (Å²) in [5, 5.41) is 21.4. The van der Waals surface area contributed by atoms with Gasteiger partial charge in [0.2, 0.25) is 6.79 Å². The number of amides is 1. The summed E-state index contributed by atoms with van der Waals surface area (Å²) in [5.74, 6) is 1.06. The maximum Gasteiger partial charge on any atom is 0.427 e. The molecule has 194 valence electrons. The van der Waals surface area contributed by atoms with Crippen LogP contribution >= 0.6 is 0 Å². The van der Waals surface area contributed by atoms with E-state index in [2.05, 4.69) is 5.32 Å². The molecule has 3 rings (SSSR count). The first kappa shape index (κ1) is 27.1. The molecule has 0 saturated carbocycles. The van der Waals surface area contributed by atoms with E-state index < -0.39 is 28.3 Å². The van der Waals surface area contributed by atoms with Gasteiger partial charge in [-0.1, -0.05) is 26.0 Å². The van der Waals surface area contributed by atoms with Gasteiger partial charge in [-0.2, -0.15) is 5.26 Å². The second-order valence-corrected chi connectivity index (χ2v) is 10.4. The first-order valence-corrected chi connectivity index (χ1v) is 12.7. The van der Waals surface area contributed by atoms with Gasteiger partial charge in [-0.3, -0.25) is 0 Å². The molecule has 2 atom stereocenters. The third-order valence-corrected chi connectivity index (χ3v) is 6.79. The molecule has 1 aliphatic heterocycles. The molecule has 0 aromatic heterocycles. The van der Waals surface area contributed by atoms with Crippen molar-refractivity contribution in [3.05, 3.63) is 48.0 Å². The molecule has 0 bridgehead atoms. The number of fused-ring (bicyclic) bond motifs is 1. The highest BCUT2D eigenvalue weighted by atomic mass is 32.2. The first-order chi connectivity index (χ1) is 17.1. The molecule has 36 heavy (non-hydrogen) atoms. The lowest BCUT2D eigenvalue weighted by atomic mass is 10.0. The smallest absolute Gasteiger partial charge is 0.427 e. The molecular formula is C24H29N3O8S. The molecule has 1 amide bonds. The summed E-state index contributed by atoms with van der Waals surface area (Å²) in [6.45, 7) is 4.89. The molecular weight excluding hydrogens is 490 g/mol. The van der Waals surface area contributed by atoms with Gasteiger partial charge in [0, 0.05) is 6.07 Å². The number of aliphatic hydroxyl groups is 1. The van der Waals surface area contributed by atoms with Crippen molar-refractivity contribution < 1.29 is 37.4 Å². The Bertz CT molecular complexity index is 1190. The van der Waals surface area contributed by atoms with Crippen LogP contribution in [0.25, 0.3) is 0 Å². The van der Waals surface area contributed by atoms with Crippen molar-refractivity contribution in [2.24, 2.45) is 5.92 Å². The highest BCUT2D eigenvalue weighted by Gasteiger charge is 2.32. The van der Waals surface area contributed by atoms with Crippen LogP contribution in [0.3, 0.4) is 0 Å². The van der Waals surface area contributed by atoms with E-state index in [1.165, 1.54) is 25.1 Å². The van der Waals surface area contributed by atoms with Gasteiger partial charge in [0.05, 0.1) is 23.6 Å². The minimum absolute atomic E-state index is 0.0101. The topological polar surface area (TPSA) is 147 Å². The Morgan fingerprint density at radius 1 is 1.17 bits per heavy atom. The van der Waals surface area contributed by atoms with Gasteiger partial charge < -0.3 is 29.5 Å². The fraction of sp³-hybridized carbons (Fsp3) is 0.417. The van der Waals surface area contributed by atoms with Gasteiger partial charge in [0.15, 0.2) is 18.1 Å². The highest BCUT2D eigenvalue weighted by molar-refractivity contribution is 7.89. The van der Waals surface area contributed by atoms with Crippen LogP contribution in [-0.4, -0.2) is 56.2 Å². The average molecular weight is 520 g/mol. The average Bonchev–Trinajstić information content (AvgIpc) is 3.30. The van der Waals surface area contributed by atoms with E-state index in [4.69, 9.17) is 24.3 Å². The van der Waals surface area contributed by atoms with Gasteiger partial charge in [-0.15, -0.1) is 0 Å².